The van der Waals surface area contributed by atoms with Gasteiger partial charge in [0.25, 0.3) is 0 Å². The Morgan fingerprint density at radius 1 is 1.62 bits per heavy atom. The fourth-order valence-electron chi connectivity index (χ4n) is 0.784. The van der Waals surface area contributed by atoms with Crippen LogP contribution in [0.5, 0.6) is 0 Å². The first-order valence-corrected chi connectivity index (χ1v) is 4.99. The molecule has 13 heavy (non-hydrogen) atoms. The quantitative estimate of drug-likeness (QED) is 0.784. The van der Waals surface area contributed by atoms with Gasteiger partial charge in [0.15, 0.2) is 5.69 Å². The summed E-state index contributed by atoms with van der Waals surface area (Å²) in [6.45, 7) is 7.04. The van der Waals surface area contributed by atoms with E-state index in [0.29, 0.717) is 5.69 Å². The van der Waals surface area contributed by atoms with Gasteiger partial charge in [0.1, 0.15) is 11.1 Å². The summed E-state index contributed by atoms with van der Waals surface area (Å²) in [5.74, 6) is 0. The Kier molecular flexibility index (Phi) is 3.02. The number of nitriles is 1. The maximum Gasteiger partial charge on any atom is 0.151 e. The number of nitrogens with zero attached hydrogens (tertiary/aromatic N) is 2. The molecule has 0 bridgehead atoms. The molecule has 1 aromatic rings. The van der Waals surface area contributed by atoms with E-state index in [2.05, 4.69) is 31.1 Å². The minimum absolute atomic E-state index is 0.0957. The highest BCUT2D eigenvalue weighted by Gasteiger charge is 2.09. The summed E-state index contributed by atoms with van der Waals surface area (Å²) in [4.78, 5) is 4.13. The average molecular weight is 195 g/mol. The second-order valence-electron chi connectivity index (χ2n) is 3.84. The molecule has 0 aliphatic rings. The van der Waals surface area contributed by atoms with Gasteiger partial charge >= 0.3 is 0 Å². The maximum atomic E-state index is 8.55. The summed E-state index contributed by atoms with van der Waals surface area (Å²) < 4.78 is 0. The number of aromatic nitrogens is 1. The molecule has 0 spiro atoms. The van der Waals surface area contributed by atoms with E-state index in [0.717, 1.165) is 11.6 Å². The number of hydrogen-bond acceptors (Lipinski definition) is 4. The van der Waals surface area contributed by atoms with Crippen molar-refractivity contribution in [1.29, 1.82) is 5.26 Å². The predicted molar refractivity (Wildman–Crippen MR) is 53.4 cm³/mol. The van der Waals surface area contributed by atoms with E-state index in [4.69, 9.17) is 5.26 Å². The average Bonchev–Trinajstić information content (AvgIpc) is 2.47. The third-order valence-corrected chi connectivity index (χ3v) is 2.29. The van der Waals surface area contributed by atoms with Gasteiger partial charge in [0, 0.05) is 17.5 Å². The van der Waals surface area contributed by atoms with Gasteiger partial charge in [0.05, 0.1) is 0 Å². The molecule has 0 saturated carbocycles. The van der Waals surface area contributed by atoms with Crippen molar-refractivity contribution < 1.29 is 0 Å². The molecule has 0 amide bonds. The lowest BCUT2D eigenvalue weighted by molar-refractivity contribution is 0.424. The Balaban J connectivity index is 2.52. The van der Waals surface area contributed by atoms with Crippen LogP contribution in [0.25, 0.3) is 0 Å². The normalized spacial score (nSPS) is 11.2. The van der Waals surface area contributed by atoms with Crippen molar-refractivity contribution >= 4 is 11.3 Å². The fourth-order valence-corrected chi connectivity index (χ4v) is 1.44. The molecule has 0 aromatic carbocycles. The van der Waals surface area contributed by atoms with Crippen LogP contribution in [-0.4, -0.2) is 10.5 Å². The van der Waals surface area contributed by atoms with E-state index in [1.165, 1.54) is 11.3 Å². The molecule has 4 heteroatoms. The van der Waals surface area contributed by atoms with Gasteiger partial charge in [-0.25, -0.2) is 4.98 Å². The maximum absolute atomic E-state index is 8.55. The highest BCUT2D eigenvalue weighted by molar-refractivity contribution is 7.09. The van der Waals surface area contributed by atoms with Gasteiger partial charge < -0.3 is 5.32 Å². The molecule has 1 rings (SSSR count). The summed E-state index contributed by atoms with van der Waals surface area (Å²) in [6, 6.07) is 2.02. The smallest absolute Gasteiger partial charge is 0.151 e. The van der Waals surface area contributed by atoms with Gasteiger partial charge in [-0.2, -0.15) is 5.26 Å². The first-order chi connectivity index (χ1) is 6.01. The van der Waals surface area contributed by atoms with E-state index < -0.39 is 0 Å². The van der Waals surface area contributed by atoms with E-state index in [9.17, 15) is 0 Å². The number of rotatable bonds is 2. The zero-order chi connectivity index (χ0) is 9.90. The third kappa shape index (κ3) is 3.53. The molecule has 0 saturated heterocycles. The molecule has 1 heterocycles. The number of hydrogen-bond donors (Lipinski definition) is 1. The molecule has 1 aromatic heterocycles. The molecule has 0 atom stereocenters. The highest BCUT2D eigenvalue weighted by atomic mass is 32.1. The minimum atomic E-state index is 0.0957. The van der Waals surface area contributed by atoms with Crippen LogP contribution < -0.4 is 5.32 Å². The first kappa shape index (κ1) is 10.2. The van der Waals surface area contributed by atoms with Crippen molar-refractivity contribution in [3.05, 3.63) is 16.1 Å². The lowest BCUT2D eigenvalue weighted by Gasteiger charge is -2.19. The van der Waals surface area contributed by atoms with E-state index in [-0.39, 0.29) is 5.54 Å². The number of nitrogens with one attached hydrogen (secondary N) is 1. The van der Waals surface area contributed by atoms with Gasteiger partial charge in [-0.05, 0) is 20.8 Å². The highest BCUT2D eigenvalue weighted by Crippen LogP contribution is 2.10. The predicted octanol–water partition coefficient (Wildman–Crippen LogP) is 1.90. The zero-order valence-electron chi connectivity index (χ0n) is 8.09. The Hall–Kier alpha value is -0.920. The topological polar surface area (TPSA) is 48.7 Å². The molecular weight excluding hydrogens is 182 g/mol. The van der Waals surface area contributed by atoms with Gasteiger partial charge in [-0.1, -0.05) is 0 Å². The van der Waals surface area contributed by atoms with Crippen LogP contribution in [0.4, 0.5) is 0 Å². The van der Waals surface area contributed by atoms with E-state index in [1.54, 1.807) is 5.38 Å². The third-order valence-electron chi connectivity index (χ3n) is 1.44. The molecule has 0 aliphatic heterocycles. The molecule has 0 unspecified atom stereocenters. The van der Waals surface area contributed by atoms with Crippen molar-refractivity contribution in [1.82, 2.24) is 10.3 Å². The number of thiazole rings is 1. The van der Waals surface area contributed by atoms with Crippen LogP contribution in [-0.2, 0) is 6.54 Å². The second-order valence-corrected chi connectivity index (χ2v) is 4.78. The van der Waals surface area contributed by atoms with Crippen LogP contribution in [0.2, 0.25) is 0 Å². The minimum Gasteiger partial charge on any atom is -0.306 e. The molecule has 0 fully saturated rings. The van der Waals surface area contributed by atoms with Crippen LogP contribution in [0.15, 0.2) is 5.38 Å². The van der Waals surface area contributed by atoms with Crippen molar-refractivity contribution in [2.24, 2.45) is 0 Å². The van der Waals surface area contributed by atoms with Crippen LogP contribution in [0.3, 0.4) is 0 Å². The summed E-state index contributed by atoms with van der Waals surface area (Å²) in [7, 11) is 0. The molecule has 3 nitrogen and oxygen atoms in total. The Bertz CT molecular complexity index is 316. The van der Waals surface area contributed by atoms with E-state index in [1.807, 2.05) is 6.07 Å². The van der Waals surface area contributed by atoms with Gasteiger partial charge in [-0.15, -0.1) is 11.3 Å². The molecular formula is C9H13N3S. The van der Waals surface area contributed by atoms with Crippen LogP contribution in [0, 0.1) is 11.3 Å². The molecule has 0 aliphatic carbocycles. The fraction of sp³-hybridized carbons (Fsp3) is 0.556. The standard InChI is InChI=1S/C9H13N3S/c1-9(2,3)11-5-8-12-7(4-10)6-13-8/h6,11H,5H2,1-3H3. The summed E-state index contributed by atoms with van der Waals surface area (Å²) in [6.07, 6.45) is 0. The lowest BCUT2D eigenvalue weighted by Crippen LogP contribution is -2.35. The van der Waals surface area contributed by atoms with Crippen molar-refractivity contribution in [3.8, 4) is 6.07 Å². The van der Waals surface area contributed by atoms with Gasteiger partial charge in [0.2, 0.25) is 0 Å². The molecule has 70 valence electrons. The first-order valence-electron chi connectivity index (χ1n) is 4.11. The second kappa shape index (κ2) is 3.86. The summed E-state index contributed by atoms with van der Waals surface area (Å²) in [5.41, 5.74) is 0.606. The monoisotopic (exact) mass is 195 g/mol. The molecule has 1 N–H and O–H groups in total. The summed E-state index contributed by atoms with van der Waals surface area (Å²) >= 11 is 1.52. The Labute approximate surface area is 82.4 Å². The summed E-state index contributed by atoms with van der Waals surface area (Å²) in [5, 5.41) is 14.6. The van der Waals surface area contributed by atoms with Crippen molar-refractivity contribution in [3.63, 3.8) is 0 Å². The van der Waals surface area contributed by atoms with Crippen molar-refractivity contribution in [2.45, 2.75) is 32.9 Å². The van der Waals surface area contributed by atoms with E-state index >= 15 is 0 Å². The zero-order valence-corrected chi connectivity index (χ0v) is 8.90. The van der Waals surface area contributed by atoms with Gasteiger partial charge in [-0.3, -0.25) is 0 Å². The Morgan fingerprint density at radius 3 is 2.77 bits per heavy atom. The largest absolute Gasteiger partial charge is 0.306 e. The van der Waals surface area contributed by atoms with Crippen LogP contribution >= 0.6 is 11.3 Å². The van der Waals surface area contributed by atoms with Crippen LogP contribution in [0.1, 0.15) is 31.5 Å². The SMILES string of the molecule is CC(C)(C)NCc1nc(C#N)cs1. The Morgan fingerprint density at radius 2 is 2.31 bits per heavy atom. The molecule has 0 radical (unpaired) electrons. The lowest BCUT2D eigenvalue weighted by atomic mass is 10.1. The van der Waals surface area contributed by atoms with Crippen molar-refractivity contribution in [2.75, 3.05) is 0 Å².